The second kappa shape index (κ2) is 9.06. The maximum absolute atomic E-state index is 12.3. The summed E-state index contributed by atoms with van der Waals surface area (Å²) in [6.07, 6.45) is 0. The summed E-state index contributed by atoms with van der Waals surface area (Å²) < 4.78 is 5.97. The molecule has 3 rings (SSSR count). The second-order valence-corrected chi connectivity index (χ2v) is 8.66. The van der Waals surface area contributed by atoms with Gasteiger partial charge in [-0.2, -0.15) is 0 Å². The topological polar surface area (TPSA) is 47.2 Å². The number of hydrogen-bond acceptors (Lipinski definition) is 3. The van der Waals surface area contributed by atoms with E-state index in [0.717, 1.165) is 37.1 Å². The smallest absolute Gasteiger partial charge is 0.279 e. The van der Waals surface area contributed by atoms with Gasteiger partial charge in [-0.3, -0.25) is 4.79 Å². The van der Waals surface area contributed by atoms with Gasteiger partial charge in [0.2, 0.25) is 0 Å². The van der Waals surface area contributed by atoms with Gasteiger partial charge in [0.15, 0.2) is 6.54 Å². The molecule has 26 heavy (non-hydrogen) atoms. The van der Waals surface area contributed by atoms with Crippen molar-refractivity contribution < 1.29 is 19.3 Å². The number of amides is 1. The van der Waals surface area contributed by atoms with Crippen molar-refractivity contribution in [1.29, 1.82) is 0 Å². The summed E-state index contributed by atoms with van der Waals surface area (Å²) in [6.45, 7) is 5.60. The van der Waals surface area contributed by atoms with Gasteiger partial charge in [-0.05, 0) is 30.3 Å². The molecule has 1 amide bonds. The van der Waals surface area contributed by atoms with E-state index in [1.165, 1.54) is 9.78 Å². The Labute approximate surface area is 167 Å². The molecule has 0 radical (unpaired) electrons. The monoisotopic (exact) mass is 415 g/mol. The minimum Gasteiger partial charge on any atom is -0.495 e. The molecule has 1 aromatic heterocycles. The van der Waals surface area contributed by atoms with Crippen LogP contribution in [0, 0.1) is 0 Å². The van der Waals surface area contributed by atoms with E-state index in [2.05, 4.69) is 11.4 Å². The quantitative estimate of drug-likeness (QED) is 0.658. The minimum absolute atomic E-state index is 0.00900. The van der Waals surface area contributed by atoms with E-state index in [4.69, 9.17) is 27.9 Å². The molecule has 0 spiro atoms. The first-order valence-corrected chi connectivity index (χ1v) is 10.2. The highest BCUT2D eigenvalue weighted by molar-refractivity contribution is 7.16. The Morgan fingerprint density at radius 1 is 1.15 bits per heavy atom. The van der Waals surface area contributed by atoms with Crippen LogP contribution in [0.1, 0.15) is 4.88 Å². The van der Waals surface area contributed by atoms with Crippen LogP contribution >= 0.6 is 34.5 Å². The van der Waals surface area contributed by atoms with Gasteiger partial charge >= 0.3 is 0 Å². The third-order valence-electron chi connectivity index (χ3n) is 4.56. The molecule has 8 heteroatoms. The molecule has 140 valence electrons. The van der Waals surface area contributed by atoms with Crippen LogP contribution in [-0.2, 0) is 11.3 Å². The number of hydrogen-bond donors (Lipinski definition) is 3. The molecule has 0 aliphatic carbocycles. The molecule has 1 fully saturated rings. The van der Waals surface area contributed by atoms with Crippen molar-refractivity contribution in [2.75, 3.05) is 45.2 Å². The number of thiophene rings is 1. The van der Waals surface area contributed by atoms with Crippen LogP contribution in [0.2, 0.25) is 9.36 Å². The van der Waals surface area contributed by atoms with Crippen LogP contribution in [0.4, 0.5) is 5.69 Å². The number of anilines is 1. The van der Waals surface area contributed by atoms with Gasteiger partial charge in [0.25, 0.3) is 5.91 Å². The predicted molar refractivity (Wildman–Crippen MR) is 106 cm³/mol. The van der Waals surface area contributed by atoms with Gasteiger partial charge in [-0.25, -0.2) is 0 Å². The maximum Gasteiger partial charge on any atom is 0.279 e. The fourth-order valence-electron chi connectivity index (χ4n) is 3.18. The van der Waals surface area contributed by atoms with Crippen LogP contribution in [0.25, 0.3) is 0 Å². The van der Waals surface area contributed by atoms with E-state index in [-0.39, 0.29) is 5.91 Å². The Kier molecular flexibility index (Phi) is 6.78. The second-order valence-electron chi connectivity index (χ2n) is 6.46. The lowest BCUT2D eigenvalue weighted by Gasteiger charge is -2.29. The highest BCUT2D eigenvalue weighted by Crippen LogP contribution is 2.27. The normalized spacial score (nSPS) is 20.0. The molecule has 1 aliphatic heterocycles. The largest absolute Gasteiger partial charge is 0.495 e. The Hall–Kier alpha value is -1.31. The van der Waals surface area contributed by atoms with Crippen molar-refractivity contribution >= 4 is 46.1 Å². The van der Waals surface area contributed by atoms with Gasteiger partial charge in [-0.1, -0.05) is 23.2 Å². The molecule has 0 saturated carbocycles. The number of piperazine rings is 1. The molecule has 0 atom stereocenters. The molecule has 2 heterocycles. The summed E-state index contributed by atoms with van der Waals surface area (Å²) >= 11 is 13.7. The highest BCUT2D eigenvalue weighted by atomic mass is 35.5. The number of carbonyl (C=O) groups excluding carboxylic acids is 1. The number of halogens is 2. The first kappa shape index (κ1) is 19.5. The Morgan fingerprint density at radius 2 is 1.88 bits per heavy atom. The van der Waals surface area contributed by atoms with Crippen molar-refractivity contribution in [3.63, 3.8) is 0 Å². The average molecular weight is 416 g/mol. The molecule has 1 saturated heterocycles. The molecule has 1 aliphatic rings. The first-order chi connectivity index (χ1) is 12.5. The highest BCUT2D eigenvalue weighted by Gasteiger charge is 2.25. The zero-order valence-electron chi connectivity index (χ0n) is 14.6. The van der Waals surface area contributed by atoms with Crippen LogP contribution in [-0.4, -0.2) is 45.7 Å². The van der Waals surface area contributed by atoms with E-state index < -0.39 is 0 Å². The van der Waals surface area contributed by atoms with E-state index >= 15 is 0 Å². The summed E-state index contributed by atoms with van der Waals surface area (Å²) in [5, 5.41) is 3.40. The van der Waals surface area contributed by atoms with Crippen LogP contribution < -0.4 is 19.9 Å². The molecular formula is C18H23Cl2N3O2S+2. The van der Waals surface area contributed by atoms with Crippen molar-refractivity contribution in [3.05, 3.63) is 44.6 Å². The summed E-state index contributed by atoms with van der Waals surface area (Å²) in [6, 6.07) is 9.32. The standard InChI is InChI=1S/C18H21Cl2N3O2S/c1-25-16-4-2-13(10-15(16)19)21-18(24)12-23-8-6-22(7-9-23)11-14-3-5-17(20)26-14/h2-5,10H,6-9,11-12H2,1H3,(H,21,24)/p+2. The molecule has 3 N–H and O–H groups in total. The maximum atomic E-state index is 12.3. The Morgan fingerprint density at radius 3 is 2.50 bits per heavy atom. The van der Waals surface area contributed by atoms with E-state index in [9.17, 15) is 4.79 Å². The third-order valence-corrected chi connectivity index (χ3v) is 6.09. The van der Waals surface area contributed by atoms with Crippen molar-refractivity contribution in [2.24, 2.45) is 0 Å². The number of quaternary nitrogens is 2. The minimum atomic E-state index is 0.00900. The van der Waals surface area contributed by atoms with Crippen LogP contribution in [0.15, 0.2) is 30.3 Å². The zero-order valence-corrected chi connectivity index (χ0v) is 16.9. The van der Waals surface area contributed by atoms with Gasteiger partial charge < -0.3 is 19.9 Å². The number of methoxy groups -OCH3 is 1. The lowest BCUT2D eigenvalue weighted by Crippen LogP contribution is -3.28. The van der Waals surface area contributed by atoms with Crippen LogP contribution in [0.3, 0.4) is 0 Å². The number of rotatable bonds is 6. The number of benzene rings is 1. The van der Waals surface area contributed by atoms with Crippen molar-refractivity contribution in [2.45, 2.75) is 6.54 Å². The first-order valence-electron chi connectivity index (χ1n) is 8.58. The molecule has 2 aromatic rings. The molecule has 0 bridgehead atoms. The molecule has 5 nitrogen and oxygen atoms in total. The SMILES string of the molecule is COc1ccc(NC(=O)C[NH+]2CC[NH+](Cc3ccc(Cl)s3)CC2)cc1Cl. The lowest BCUT2D eigenvalue weighted by atomic mass is 10.2. The van der Waals surface area contributed by atoms with Gasteiger partial charge in [0.1, 0.15) is 38.5 Å². The molecule has 0 unspecified atom stereocenters. The van der Waals surface area contributed by atoms with Gasteiger partial charge in [-0.15, -0.1) is 11.3 Å². The molecular weight excluding hydrogens is 393 g/mol. The number of ether oxygens (including phenoxy) is 1. The Bertz CT molecular complexity index is 761. The molecule has 1 aromatic carbocycles. The van der Waals surface area contributed by atoms with Gasteiger partial charge in [0, 0.05) is 5.69 Å². The lowest BCUT2D eigenvalue weighted by molar-refractivity contribution is -1.01. The Balaban J connectivity index is 1.43. The predicted octanol–water partition coefficient (Wildman–Crippen LogP) is 0.986. The summed E-state index contributed by atoms with van der Waals surface area (Å²) in [5.41, 5.74) is 0.694. The average Bonchev–Trinajstić information content (AvgIpc) is 3.01. The van der Waals surface area contributed by atoms with Crippen LogP contribution in [0.5, 0.6) is 5.75 Å². The van der Waals surface area contributed by atoms with E-state index in [1.807, 2.05) is 6.07 Å². The fourth-order valence-corrected chi connectivity index (χ4v) is 4.60. The number of nitrogens with one attached hydrogen (secondary N) is 3. The number of carbonyl (C=O) groups is 1. The summed E-state index contributed by atoms with van der Waals surface area (Å²) in [4.78, 5) is 16.5. The van der Waals surface area contributed by atoms with Gasteiger partial charge in [0.05, 0.1) is 21.3 Å². The van der Waals surface area contributed by atoms with E-state index in [1.54, 1.807) is 41.5 Å². The fraction of sp³-hybridized carbons (Fsp3) is 0.389. The van der Waals surface area contributed by atoms with E-state index in [0.29, 0.717) is 23.0 Å². The third kappa shape index (κ3) is 5.34. The van der Waals surface area contributed by atoms with Crippen molar-refractivity contribution in [3.8, 4) is 5.75 Å². The summed E-state index contributed by atoms with van der Waals surface area (Å²) in [5.74, 6) is 0.608. The zero-order chi connectivity index (χ0) is 18.5. The summed E-state index contributed by atoms with van der Waals surface area (Å²) in [7, 11) is 1.57. The van der Waals surface area contributed by atoms with Crippen molar-refractivity contribution in [1.82, 2.24) is 0 Å².